The SMILES string of the molecule is C=CCOc1ccc(/C=C(/C#N)c2ccc3ccccc3c2)cc1I. The first-order valence-electron chi connectivity index (χ1n) is 7.85. The summed E-state index contributed by atoms with van der Waals surface area (Å²) in [6.07, 6.45) is 3.63. The summed E-state index contributed by atoms with van der Waals surface area (Å²) in [7, 11) is 0. The van der Waals surface area contributed by atoms with Gasteiger partial charge in [-0.05, 0) is 68.8 Å². The van der Waals surface area contributed by atoms with E-state index in [1.54, 1.807) is 6.08 Å². The maximum absolute atomic E-state index is 9.60. The third-order valence-electron chi connectivity index (χ3n) is 3.80. The molecule has 0 fully saturated rings. The molecule has 0 unspecified atom stereocenters. The molecular formula is C22H16INO. The standard InChI is InChI=1S/C22H16INO/c1-2-11-25-22-10-7-16(13-21(22)23)12-20(15-24)19-9-8-17-5-3-4-6-18(17)14-19/h2-10,12-14H,1,11H2/b20-12-. The molecule has 3 aromatic rings. The van der Waals surface area contributed by atoms with Crippen LogP contribution in [-0.4, -0.2) is 6.61 Å². The highest BCUT2D eigenvalue weighted by Gasteiger charge is 2.05. The van der Waals surface area contributed by atoms with Gasteiger partial charge in [-0.1, -0.05) is 55.1 Å². The first-order chi connectivity index (χ1) is 12.2. The van der Waals surface area contributed by atoms with Crippen LogP contribution in [0.4, 0.5) is 0 Å². The van der Waals surface area contributed by atoms with Crippen LogP contribution >= 0.6 is 22.6 Å². The number of allylic oxidation sites excluding steroid dienone is 1. The highest BCUT2D eigenvalue weighted by Crippen LogP contribution is 2.26. The van der Waals surface area contributed by atoms with E-state index in [2.05, 4.69) is 53.4 Å². The molecule has 0 aromatic heterocycles. The lowest BCUT2D eigenvalue weighted by Gasteiger charge is -2.07. The van der Waals surface area contributed by atoms with Crippen LogP contribution in [0.1, 0.15) is 11.1 Å². The summed E-state index contributed by atoms with van der Waals surface area (Å²) in [6, 6.07) is 22.4. The van der Waals surface area contributed by atoms with E-state index < -0.39 is 0 Å². The number of hydrogen-bond donors (Lipinski definition) is 0. The van der Waals surface area contributed by atoms with Gasteiger partial charge in [0.25, 0.3) is 0 Å². The Labute approximate surface area is 161 Å². The molecule has 0 radical (unpaired) electrons. The van der Waals surface area contributed by atoms with Crippen molar-refractivity contribution in [2.45, 2.75) is 0 Å². The van der Waals surface area contributed by atoms with Gasteiger partial charge in [-0.3, -0.25) is 0 Å². The second-order valence-electron chi connectivity index (χ2n) is 5.52. The average Bonchev–Trinajstić information content (AvgIpc) is 2.65. The molecule has 2 nitrogen and oxygen atoms in total. The molecule has 0 amide bonds. The quantitative estimate of drug-likeness (QED) is 0.210. The molecule has 0 aliphatic carbocycles. The molecule has 0 aliphatic rings. The zero-order valence-electron chi connectivity index (χ0n) is 13.6. The van der Waals surface area contributed by atoms with Gasteiger partial charge in [0.05, 0.1) is 15.2 Å². The normalized spacial score (nSPS) is 11.1. The van der Waals surface area contributed by atoms with Crippen molar-refractivity contribution in [2.24, 2.45) is 0 Å². The fourth-order valence-corrected chi connectivity index (χ4v) is 3.27. The number of benzene rings is 3. The first kappa shape index (κ1) is 17.2. The molecule has 3 rings (SSSR count). The van der Waals surface area contributed by atoms with Gasteiger partial charge >= 0.3 is 0 Å². The van der Waals surface area contributed by atoms with Crippen molar-refractivity contribution in [3.05, 3.63) is 88.0 Å². The van der Waals surface area contributed by atoms with Crippen LogP contribution in [0.2, 0.25) is 0 Å². The van der Waals surface area contributed by atoms with Crippen molar-refractivity contribution in [3.8, 4) is 11.8 Å². The highest BCUT2D eigenvalue weighted by atomic mass is 127. The second-order valence-corrected chi connectivity index (χ2v) is 6.68. The molecule has 0 heterocycles. The lowest BCUT2D eigenvalue weighted by molar-refractivity contribution is 0.360. The summed E-state index contributed by atoms with van der Waals surface area (Å²) in [5.41, 5.74) is 2.53. The maximum atomic E-state index is 9.60. The number of rotatable bonds is 5. The fourth-order valence-electron chi connectivity index (χ4n) is 2.58. The molecule has 0 aliphatic heterocycles. The number of hydrogen-bond acceptors (Lipinski definition) is 2. The number of nitriles is 1. The Morgan fingerprint density at radius 3 is 2.60 bits per heavy atom. The summed E-state index contributed by atoms with van der Waals surface area (Å²) >= 11 is 2.24. The zero-order chi connectivity index (χ0) is 17.6. The van der Waals surface area contributed by atoms with Gasteiger partial charge in [0.2, 0.25) is 0 Å². The van der Waals surface area contributed by atoms with Gasteiger partial charge in [0.1, 0.15) is 12.4 Å². The first-order valence-corrected chi connectivity index (χ1v) is 8.93. The number of nitrogens with zero attached hydrogens (tertiary/aromatic N) is 1. The van der Waals surface area contributed by atoms with E-state index in [4.69, 9.17) is 4.74 Å². The number of fused-ring (bicyclic) bond motifs is 1. The minimum atomic E-state index is 0.478. The minimum absolute atomic E-state index is 0.478. The van der Waals surface area contributed by atoms with Crippen molar-refractivity contribution in [1.29, 1.82) is 5.26 Å². The highest BCUT2D eigenvalue weighted by molar-refractivity contribution is 14.1. The van der Waals surface area contributed by atoms with E-state index in [-0.39, 0.29) is 0 Å². The third kappa shape index (κ3) is 4.09. The van der Waals surface area contributed by atoms with Crippen LogP contribution in [0.25, 0.3) is 22.4 Å². The Bertz CT molecular complexity index is 998. The van der Waals surface area contributed by atoms with E-state index in [0.29, 0.717) is 12.2 Å². The van der Waals surface area contributed by atoms with Crippen LogP contribution in [0.15, 0.2) is 73.3 Å². The van der Waals surface area contributed by atoms with Crippen LogP contribution in [0.3, 0.4) is 0 Å². The Kier molecular flexibility index (Phi) is 5.52. The summed E-state index contributed by atoms with van der Waals surface area (Å²) in [5, 5.41) is 11.9. The van der Waals surface area contributed by atoms with Crippen LogP contribution in [-0.2, 0) is 0 Å². The molecule has 3 aromatic carbocycles. The molecule has 122 valence electrons. The Morgan fingerprint density at radius 2 is 1.88 bits per heavy atom. The van der Waals surface area contributed by atoms with E-state index in [0.717, 1.165) is 25.8 Å². The van der Waals surface area contributed by atoms with Crippen molar-refractivity contribution >= 4 is 45.0 Å². The monoisotopic (exact) mass is 437 g/mol. The van der Waals surface area contributed by atoms with Crippen LogP contribution in [0.5, 0.6) is 5.75 Å². The van der Waals surface area contributed by atoms with E-state index in [9.17, 15) is 5.26 Å². The van der Waals surface area contributed by atoms with Crippen molar-refractivity contribution in [3.63, 3.8) is 0 Å². The predicted octanol–water partition coefficient (Wildman–Crippen LogP) is 6.07. The van der Waals surface area contributed by atoms with Gasteiger partial charge in [-0.2, -0.15) is 5.26 Å². The molecular weight excluding hydrogens is 421 g/mol. The minimum Gasteiger partial charge on any atom is -0.488 e. The zero-order valence-corrected chi connectivity index (χ0v) is 15.7. The summed E-state index contributed by atoms with van der Waals surface area (Å²) in [5.74, 6) is 0.821. The molecule has 0 bridgehead atoms. The molecule has 0 saturated heterocycles. The fraction of sp³-hybridized carbons (Fsp3) is 0.0455. The molecule has 0 N–H and O–H groups in total. The lowest BCUT2D eigenvalue weighted by Crippen LogP contribution is -1.95. The molecule has 0 atom stereocenters. The predicted molar refractivity (Wildman–Crippen MR) is 112 cm³/mol. The Balaban J connectivity index is 1.95. The van der Waals surface area contributed by atoms with Gasteiger partial charge in [-0.25, -0.2) is 0 Å². The van der Waals surface area contributed by atoms with Gasteiger partial charge in [-0.15, -0.1) is 0 Å². The van der Waals surface area contributed by atoms with Gasteiger partial charge in [0.15, 0.2) is 0 Å². The maximum Gasteiger partial charge on any atom is 0.133 e. The lowest BCUT2D eigenvalue weighted by atomic mass is 10.0. The number of halogens is 1. The van der Waals surface area contributed by atoms with E-state index in [1.807, 2.05) is 48.5 Å². The summed E-state index contributed by atoms with van der Waals surface area (Å²) < 4.78 is 6.60. The Hall–Kier alpha value is -2.58. The van der Waals surface area contributed by atoms with Gasteiger partial charge < -0.3 is 4.74 Å². The second kappa shape index (κ2) is 8.00. The van der Waals surface area contributed by atoms with E-state index >= 15 is 0 Å². The van der Waals surface area contributed by atoms with Crippen molar-refractivity contribution in [1.82, 2.24) is 0 Å². The van der Waals surface area contributed by atoms with Crippen LogP contribution < -0.4 is 4.74 Å². The molecule has 3 heteroatoms. The van der Waals surface area contributed by atoms with Crippen LogP contribution in [0, 0.1) is 14.9 Å². The summed E-state index contributed by atoms with van der Waals surface area (Å²) in [6.45, 7) is 4.13. The molecule has 25 heavy (non-hydrogen) atoms. The molecule has 0 saturated carbocycles. The van der Waals surface area contributed by atoms with Crippen molar-refractivity contribution < 1.29 is 4.74 Å². The Morgan fingerprint density at radius 1 is 1.08 bits per heavy atom. The largest absolute Gasteiger partial charge is 0.488 e. The van der Waals surface area contributed by atoms with Gasteiger partial charge in [0, 0.05) is 0 Å². The van der Waals surface area contributed by atoms with E-state index in [1.165, 1.54) is 5.39 Å². The number of ether oxygens (including phenoxy) is 1. The summed E-state index contributed by atoms with van der Waals surface area (Å²) in [4.78, 5) is 0. The van der Waals surface area contributed by atoms with Crippen molar-refractivity contribution in [2.75, 3.05) is 6.61 Å². The topological polar surface area (TPSA) is 33.0 Å². The third-order valence-corrected chi connectivity index (χ3v) is 4.65. The average molecular weight is 437 g/mol. The molecule has 0 spiro atoms. The smallest absolute Gasteiger partial charge is 0.133 e.